The second-order valence-corrected chi connectivity index (χ2v) is 13.1. The Morgan fingerprint density at radius 1 is 0.795 bits per heavy atom. The topological polar surface area (TPSA) is 102 Å². The van der Waals surface area contributed by atoms with Crippen LogP contribution in [0.1, 0.15) is 34.6 Å². The van der Waals surface area contributed by atoms with Crippen molar-refractivity contribution in [3.8, 4) is 11.5 Å². The Bertz CT molecular complexity index is 1410. The highest BCUT2D eigenvalue weighted by atomic mass is 127. The van der Waals surface area contributed by atoms with Crippen molar-refractivity contribution in [2.75, 3.05) is 11.9 Å². The van der Waals surface area contributed by atoms with Crippen molar-refractivity contribution in [3.05, 3.63) is 80.0 Å². The summed E-state index contributed by atoms with van der Waals surface area (Å²) in [5, 5.41) is 2.66. The predicted molar refractivity (Wildman–Crippen MR) is 179 cm³/mol. The van der Waals surface area contributed by atoms with E-state index in [1.54, 1.807) is 38.1 Å². The van der Waals surface area contributed by atoms with Crippen LogP contribution in [0.25, 0.3) is 0 Å². The van der Waals surface area contributed by atoms with Gasteiger partial charge in [0.05, 0.1) is 11.1 Å². The predicted octanol–water partition coefficient (Wildman–Crippen LogP) is 6.70. The summed E-state index contributed by atoms with van der Waals surface area (Å²) >= 11 is 8.41. The van der Waals surface area contributed by atoms with E-state index >= 15 is 0 Å². The molecule has 1 heterocycles. The smallest absolute Gasteiger partial charge is 0.330 e. The van der Waals surface area contributed by atoms with Crippen molar-refractivity contribution in [2.24, 2.45) is 5.92 Å². The third-order valence-corrected chi connectivity index (χ3v) is 13.2. The zero-order valence-corrected chi connectivity index (χ0v) is 29.1. The summed E-state index contributed by atoms with van der Waals surface area (Å²) < 4.78 is 14.1. The van der Waals surface area contributed by atoms with Crippen molar-refractivity contribution in [1.82, 2.24) is 4.90 Å². The van der Waals surface area contributed by atoms with Crippen LogP contribution in [0.3, 0.4) is 0 Å². The number of nitrogens with one attached hydrogen (secondary N) is 1. The molecule has 0 aliphatic carbocycles. The molecule has 12 heteroatoms. The Morgan fingerprint density at radius 2 is 1.31 bits per heavy atom. The number of hydrogen-bond acceptors (Lipinski definition) is 6. The van der Waals surface area contributed by atoms with Crippen LogP contribution in [-0.2, 0) is 14.3 Å². The van der Waals surface area contributed by atoms with Gasteiger partial charge in [0.25, 0.3) is 17.7 Å². The third-order valence-electron chi connectivity index (χ3n) is 5.75. The molecule has 1 unspecified atom stereocenters. The molecule has 8 nitrogen and oxygen atoms in total. The number of fused-ring (bicyclic) bond motifs is 1. The average molecular weight is 976 g/mol. The zero-order chi connectivity index (χ0) is 28.4. The summed E-state index contributed by atoms with van der Waals surface area (Å²) in [6, 6.07) is 14.9. The van der Waals surface area contributed by atoms with Crippen LogP contribution in [0, 0.1) is 20.2 Å². The number of nitrogens with zero attached hydrogens (tertiary/aromatic N) is 1. The van der Waals surface area contributed by atoms with Crippen LogP contribution in [0.5, 0.6) is 11.5 Å². The van der Waals surface area contributed by atoms with Gasteiger partial charge in [0.15, 0.2) is 6.61 Å². The maximum Gasteiger partial charge on any atom is 0.330 e. The first-order valence-electron chi connectivity index (χ1n) is 11.5. The highest BCUT2D eigenvalue weighted by molar-refractivity contribution is 14.1. The van der Waals surface area contributed by atoms with Crippen LogP contribution >= 0.6 is 90.4 Å². The van der Waals surface area contributed by atoms with Gasteiger partial charge < -0.3 is 14.8 Å². The van der Waals surface area contributed by atoms with Gasteiger partial charge in [0, 0.05) is 20.0 Å². The van der Waals surface area contributed by atoms with Gasteiger partial charge in [-0.2, -0.15) is 0 Å². The van der Waals surface area contributed by atoms with E-state index in [4.69, 9.17) is 9.47 Å². The molecule has 0 aromatic heterocycles. The zero-order valence-electron chi connectivity index (χ0n) is 20.5. The molecule has 202 valence electrons. The number of rotatable bonds is 8. The van der Waals surface area contributed by atoms with Crippen LogP contribution in [0.2, 0.25) is 0 Å². The van der Waals surface area contributed by atoms with Gasteiger partial charge in [-0.05, 0) is 133 Å². The number of anilines is 1. The van der Waals surface area contributed by atoms with E-state index in [1.165, 1.54) is 0 Å². The average Bonchev–Trinajstić information content (AvgIpc) is 3.16. The number of imide groups is 1. The van der Waals surface area contributed by atoms with Gasteiger partial charge in [0.2, 0.25) is 0 Å². The lowest BCUT2D eigenvalue weighted by Crippen LogP contribution is -2.49. The first-order valence-corrected chi connectivity index (χ1v) is 15.9. The Balaban J connectivity index is 1.41. The van der Waals surface area contributed by atoms with Gasteiger partial charge >= 0.3 is 5.97 Å². The summed E-state index contributed by atoms with van der Waals surface area (Å²) in [7, 11) is 0. The second kappa shape index (κ2) is 13.0. The fraction of sp³-hybridized carbons (Fsp3) is 0.185. The lowest BCUT2D eigenvalue weighted by molar-refractivity contribution is -0.152. The Labute approximate surface area is 279 Å². The standard InChI is InChI=1S/C27H20I4N2O6/c1-13(2)24(33-25(35)18-19(26(33)36)21(29)23(31)22(30)20(18)28)27(37)38-12-17(34)32-14-8-10-16(11-9-14)39-15-6-4-3-5-7-15/h3-11,13,24H,12H2,1-2H3,(H,32,34). The molecule has 0 radical (unpaired) electrons. The van der Waals surface area contributed by atoms with E-state index < -0.39 is 42.3 Å². The molecule has 39 heavy (non-hydrogen) atoms. The SMILES string of the molecule is CC(C)C(C(=O)OCC(=O)Nc1ccc(Oc2ccccc2)cc1)N1C(=O)c2c(I)c(I)c(I)c(I)c2C1=O. The molecular weight excluding hydrogens is 956 g/mol. The number of carbonyl (C=O) groups is 4. The molecular formula is C27H20I4N2O6. The van der Waals surface area contributed by atoms with E-state index in [0.29, 0.717) is 35.5 Å². The van der Waals surface area contributed by atoms with Crippen LogP contribution in [0.15, 0.2) is 54.6 Å². The summed E-state index contributed by atoms with van der Waals surface area (Å²) in [6.07, 6.45) is 0. The number of amides is 3. The summed E-state index contributed by atoms with van der Waals surface area (Å²) in [5.41, 5.74) is 1.09. The summed E-state index contributed by atoms with van der Waals surface area (Å²) in [6.45, 7) is 2.87. The van der Waals surface area contributed by atoms with Crippen molar-refractivity contribution in [2.45, 2.75) is 19.9 Å². The van der Waals surface area contributed by atoms with Crippen molar-refractivity contribution in [3.63, 3.8) is 0 Å². The van der Waals surface area contributed by atoms with Crippen molar-refractivity contribution >= 4 is 120 Å². The van der Waals surface area contributed by atoms with Gasteiger partial charge in [0.1, 0.15) is 17.5 Å². The Kier molecular flexibility index (Phi) is 10.1. The van der Waals surface area contributed by atoms with Crippen LogP contribution < -0.4 is 10.1 Å². The molecule has 1 atom stereocenters. The maximum absolute atomic E-state index is 13.4. The minimum atomic E-state index is -1.18. The number of ether oxygens (including phenoxy) is 2. The molecule has 0 spiro atoms. The monoisotopic (exact) mass is 976 g/mol. The van der Waals surface area contributed by atoms with E-state index in [2.05, 4.69) is 95.7 Å². The molecule has 1 aliphatic heterocycles. The fourth-order valence-electron chi connectivity index (χ4n) is 3.94. The largest absolute Gasteiger partial charge is 0.457 e. The molecule has 3 aromatic carbocycles. The van der Waals surface area contributed by atoms with Gasteiger partial charge in [-0.3, -0.25) is 19.3 Å². The Morgan fingerprint density at radius 3 is 1.82 bits per heavy atom. The number of esters is 1. The number of benzene rings is 3. The van der Waals surface area contributed by atoms with Gasteiger partial charge in [-0.1, -0.05) is 32.0 Å². The number of hydrogen-bond donors (Lipinski definition) is 1. The summed E-state index contributed by atoms with van der Waals surface area (Å²) in [5.74, 6) is -1.61. The Hall–Kier alpha value is -1.54. The van der Waals surface area contributed by atoms with E-state index in [9.17, 15) is 19.2 Å². The quantitative estimate of drug-likeness (QED) is 0.0888. The third kappa shape index (κ3) is 6.52. The lowest BCUT2D eigenvalue weighted by Gasteiger charge is -2.27. The highest BCUT2D eigenvalue weighted by Crippen LogP contribution is 2.39. The van der Waals surface area contributed by atoms with Crippen molar-refractivity contribution < 1.29 is 28.7 Å². The van der Waals surface area contributed by atoms with Crippen molar-refractivity contribution in [1.29, 1.82) is 0 Å². The fourth-order valence-corrected chi connectivity index (χ4v) is 7.60. The van der Waals surface area contributed by atoms with E-state index in [1.807, 2.05) is 30.3 Å². The minimum absolute atomic E-state index is 0.297. The van der Waals surface area contributed by atoms with E-state index in [0.717, 1.165) is 12.0 Å². The maximum atomic E-state index is 13.4. The van der Waals surface area contributed by atoms with Crippen LogP contribution in [0.4, 0.5) is 5.69 Å². The molecule has 1 aliphatic rings. The molecule has 4 rings (SSSR count). The molecule has 0 saturated carbocycles. The van der Waals surface area contributed by atoms with Gasteiger partial charge in [-0.25, -0.2) is 4.79 Å². The number of carbonyl (C=O) groups excluding carboxylic acids is 4. The lowest BCUT2D eigenvalue weighted by atomic mass is 10.0. The number of halogens is 4. The van der Waals surface area contributed by atoms with Gasteiger partial charge in [-0.15, -0.1) is 0 Å². The highest BCUT2D eigenvalue weighted by Gasteiger charge is 2.47. The van der Waals surface area contributed by atoms with Crippen LogP contribution in [-0.4, -0.2) is 41.2 Å². The second-order valence-electron chi connectivity index (χ2n) is 8.77. The molecule has 0 bridgehead atoms. The first-order chi connectivity index (χ1) is 18.5. The van der Waals surface area contributed by atoms with E-state index in [-0.39, 0.29) is 0 Å². The molecule has 3 amide bonds. The molecule has 1 N–H and O–H groups in total. The molecule has 0 saturated heterocycles. The first kappa shape index (κ1) is 30.4. The molecule has 0 fully saturated rings. The minimum Gasteiger partial charge on any atom is -0.457 e. The normalized spacial score (nSPS) is 13.4. The number of para-hydroxylation sites is 1. The molecule has 3 aromatic rings. The summed E-state index contributed by atoms with van der Waals surface area (Å²) in [4.78, 5) is 53.4.